The lowest BCUT2D eigenvalue weighted by Crippen LogP contribution is -2.38. The number of benzene rings is 1. The van der Waals surface area contributed by atoms with Crippen LogP contribution in [0.15, 0.2) is 29.1 Å². The molecule has 32 heavy (non-hydrogen) atoms. The molecule has 1 unspecified atom stereocenters. The van der Waals surface area contributed by atoms with Crippen LogP contribution in [-0.2, 0) is 16.5 Å². The second kappa shape index (κ2) is 8.84. The Balaban J connectivity index is 1.65. The molecule has 1 aromatic carbocycles. The quantitative estimate of drug-likeness (QED) is 0.567. The van der Waals surface area contributed by atoms with Gasteiger partial charge in [0, 0.05) is 32.7 Å². The van der Waals surface area contributed by atoms with E-state index in [0.717, 1.165) is 47.9 Å². The van der Waals surface area contributed by atoms with Gasteiger partial charge in [-0.15, -0.1) is 11.3 Å². The van der Waals surface area contributed by atoms with Crippen molar-refractivity contribution in [2.75, 3.05) is 33.5 Å². The van der Waals surface area contributed by atoms with Gasteiger partial charge in [-0.3, -0.25) is 9.59 Å². The van der Waals surface area contributed by atoms with Crippen molar-refractivity contribution in [3.63, 3.8) is 0 Å². The number of methoxy groups -OCH3 is 1. The molecule has 1 amide bonds. The molecule has 5 rings (SSSR count). The van der Waals surface area contributed by atoms with E-state index in [1.165, 1.54) is 11.3 Å². The van der Waals surface area contributed by atoms with Crippen LogP contribution in [0.4, 0.5) is 0 Å². The van der Waals surface area contributed by atoms with Gasteiger partial charge in [0.25, 0.3) is 11.5 Å². The van der Waals surface area contributed by atoms with Crippen molar-refractivity contribution in [1.29, 1.82) is 0 Å². The molecule has 7 nitrogen and oxygen atoms in total. The molecule has 0 saturated carbocycles. The van der Waals surface area contributed by atoms with E-state index in [9.17, 15) is 9.59 Å². The van der Waals surface area contributed by atoms with Crippen molar-refractivity contribution in [3.05, 3.63) is 39.5 Å². The Kier molecular flexibility index (Phi) is 5.92. The highest BCUT2D eigenvalue weighted by molar-refractivity contribution is 7.22. The fourth-order valence-corrected chi connectivity index (χ4v) is 6.09. The van der Waals surface area contributed by atoms with Crippen LogP contribution in [0.3, 0.4) is 0 Å². The molecule has 2 fully saturated rings. The molecule has 0 N–H and O–H groups in total. The first-order valence-electron chi connectivity index (χ1n) is 11.2. The van der Waals surface area contributed by atoms with Gasteiger partial charge in [-0.25, -0.2) is 0 Å². The summed E-state index contributed by atoms with van der Waals surface area (Å²) >= 11 is 1.36. The molecule has 2 aromatic heterocycles. The van der Waals surface area contributed by atoms with Crippen LogP contribution >= 0.6 is 11.3 Å². The molecule has 170 valence electrons. The minimum absolute atomic E-state index is 0.00904. The Hall–Kier alpha value is -2.42. The number of hydrogen-bond donors (Lipinski definition) is 0. The number of likely N-dealkylation sites (tertiary alicyclic amines) is 1. The van der Waals surface area contributed by atoms with E-state index in [4.69, 9.17) is 14.2 Å². The van der Waals surface area contributed by atoms with Crippen LogP contribution in [0.1, 0.15) is 35.4 Å². The number of carbonyl (C=O) groups excluding carboxylic acids is 1. The SMILES string of the molecule is COC[C@H]1CCCN1C(=O)c1sc2c(c1OCC1CCCO1)c(=O)n(C)c1ccccc21. The van der Waals surface area contributed by atoms with E-state index in [1.807, 2.05) is 29.2 Å². The fourth-order valence-electron chi connectivity index (χ4n) is 4.86. The summed E-state index contributed by atoms with van der Waals surface area (Å²) in [7, 11) is 3.43. The Morgan fingerprint density at radius 1 is 1.22 bits per heavy atom. The van der Waals surface area contributed by atoms with Crippen molar-refractivity contribution in [3.8, 4) is 5.75 Å². The lowest BCUT2D eigenvalue weighted by atomic mass is 10.1. The molecule has 3 aromatic rings. The van der Waals surface area contributed by atoms with Crippen molar-refractivity contribution < 1.29 is 19.0 Å². The van der Waals surface area contributed by atoms with Gasteiger partial charge in [0.2, 0.25) is 0 Å². The molecule has 2 atom stereocenters. The summed E-state index contributed by atoms with van der Waals surface area (Å²) in [5.74, 6) is 0.319. The van der Waals surface area contributed by atoms with Gasteiger partial charge < -0.3 is 23.7 Å². The number of thiophene rings is 1. The van der Waals surface area contributed by atoms with Crippen molar-refractivity contribution >= 4 is 38.2 Å². The van der Waals surface area contributed by atoms with Gasteiger partial charge in [0.05, 0.1) is 29.0 Å². The summed E-state index contributed by atoms with van der Waals surface area (Å²) in [6.45, 7) is 2.26. The highest BCUT2D eigenvalue weighted by Crippen LogP contribution is 2.41. The normalized spacial score (nSPS) is 21.1. The first-order valence-corrected chi connectivity index (χ1v) is 12.0. The second-order valence-corrected chi connectivity index (χ2v) is 9.56. The van der Waals surface area contributed by atoms with Crippen LogP contribution in [-0.4, -0.2) is 61.0 Å². The van der Waals surface area contributed by atoms with E-state index in [0.29, 0.717) is 35.8 Å². The third-order valence-corrected chi connectivity index (χ3v) is 7.71. The molecular formula is C24H28N2O5S. The summed E-state index contributed by atoms with van der Waals surface area (Å²) in [6, 6.07) is 7.84. The highest BCUT2D eigenvalue weighted by atomic mass is 32.1. The number of para-hydroxylation sites is 1. The molecular weight excluding hydrogens is 428 g/mol. The predicted octanol–water partition coefficient (Wildman–Crippen LogP) is 3.56. The highest BCUT2D eigenvalue weighted by Gasteiger charge is 2.34. The number of amides is 1. The average Bonchev–Trinajstić information content (AvgIpc) is 3.55. The first-order chi connectivity index (χ1) is 15.6. The number of aromatic nitrogens is 1. The summed E-state index contributed by atoms with van der Waals surface area (Å²) in [4.78, 5) is 29.5. The van der Waals surface area contributed by atoms with Gasteiger partial charge in [-0.1, -0.05) is 18.2 Å². The maximum absolute atomic E-state index is 13.7. The molecule has 8 heteroatoms. The summed E-state index contributed by atoms with van der Waals surface area (Å²) < 4.78 is 19.7. The van der Waals surface area contributed by atoms with Crippen LogP contribution in [0, 0.1) is 0 Å². The van der Waals surface area contributed by atoms with Crippen LogP contribution < -0.4 is 10.3 Å². The average molecular weight is 457 g/mol. The molecule has 4 heterocycles. The predicted molar refractivity (Wildman–Crippen MR) is 125 cm³/mol. The monoisotopic (exact) mass is 456 g/mol. The largest absolute Gasteiger partial charge is 0.488 e. The molecule has 0 bridgehead atoms. The van der Waals surface area contributed by atoms with E-state index >= 15 is 0 Å². The number of hydrogen-bond acceptors (Lipinski definition) is 6. The number of carbonyl (C=O) groups is 1. The number of rotatable bonds is 6. The number of fused-ring (bicyclic) bond motifs is 3. The van der Waals surface area contributed by atoms with E-state index in [-0.39, 0.29) is 23.6 Å². The zero-order valence-electron chi connectivity index (χ0n) is 18.5. The molecule has 0 spiro atoms. The zero-order valence-corrected chi connectivity index (χ0v) is 19.3. The van der Waals surface area contributed by atoms with Crippen molar-refractivity contribution in [1.82, 2.24) is 9.47 Å². The summed E-state index contributed by atoms with van der Waals surface area (Å²) in [5, 5.41) is 1.44. The van der Waals surface area contributed by atoms with Gasteiger partial charge >= 0.3 is 0 Å². The Labute approximate surface area is 190 Å². The maximum atomic E-state index is 13.7. The molecule has 2 aliphatic heterocycles. The Morgan fingerprint density at radius 3 is 2.84 bits per heavy atom. The number of pyridine rings is 1. The molecule has 2 aliphatic rings. The van der Waals surface area contributed by atoms with Crippen LogP contribution in [0.25, 0.3) is 21.0 Å². The van der Waals surface area contributed by atoms with E-state index < -0.39 is 0 Å². The topological polar surface area (TPSA) is 70.0 Å². The van der Waals surface area contributed by atoms with Crippen molar-refractivity contribution in [2.24, 2.45) is 7.05 Å². The van der Waals surface area contributed by atoms with Gasteiger partial charge in [0.1, 0.15) is 16.9 Å². The Morgan fingerprint density at radius 2 is 2.06 bits per heavy atom. The smallest absolute Gasteiger partial charge is 0.268 e. The minimum atomic E-state index is -0.147. The van der Waals surface area contributed by atoms with Gasteiger partial charge in [0.15, 0.2) is 5.75 Å². The maximum Gasteiger partial charge on any atom is 0.268 e. The minimum Gasteiger partial charge on any atom is -0.488 e. The second-order valence-electron chi connectivity index (χ2n) is 8.54. The van der Waals surface area contributed by atoms with Crippen LogP contribution in [0.2, 0.25) is 0 Å². The molecule has 0 radical (unpaired) electrons. The van der Waals surface area contributed by atoms with Gasteiger partial charge in [-0.2, -0.15) is 0 Å². The molecule has 2 saturated heterocycles. The van der Waals surface area contributed by atoms with Gasteiger partial charge in [-0.05, 0) is 31.7 Å². The number of aryl methyl sites for hydroxylation is 1. The number of ether oxygens (including phenoxy) is 3. The van der Waals surface area contributed by atoms with Crippen molar-refractivity contribution in [2.45, 2.75) is 37.8 Å². The lowest BCUT2D eigenvalue weighted by molar-refractivity contribution is 0.0604. The van der Waals surface area contributed by atoms with Crippen LogP contribution in [0.5, 0.6) is 5.75 Å². The third kappa shape index (κ3) is 3.60. The number of nitrogens with zero attached hydrogens (tertiary/aromatic N) is 2. The lowest BCUT2D eigenvalue weighted by Gasteiger charge is -2.24. The molecule has 0 aliphatic carbocycles. The summed E-state index contributed by atoms with van der Waals surface area (Å²) in [6.07, 6.45) is 3.78. The third-order valence-electron chi connectivity index (χ3n) is 6.52. The van der Waals surface area contributed by atoms with E-state index in [2.05, 4.69) is 0 Å². The summed E-state index contributed by atoms with van der Waals surface area (Å²) in [5.41, 5.74) is 0.695. The van der Waals surface area contributed by atoms with E-state index in [1.54, 1.807) is 18.7 Å². The zero-order chi connectivity index (χ0) is 22.2. The Bertz CT molecular complexity index is 1210. The first kappa shape index (κ1) is 21.4. The fraction of sp³-hybridized carbons (Fsp3) is 0.500. The standard InChI is InChI=1S/C24H28N2O5S/c1-25-18-10-4-3-9-17(18)21-19(23(25)27)20(31-14-16-8-6-12-30-16)22(32-21)24(28)26-11-5-7-15(26)13-29-2/h3-4,9-10,15-16H,5-8,11-14H2,1-2H3/t15-,16?/m1/s1.